The Labute approximate surface area is 94.1 Å². The minimum atomic E-state index is 0.0943. The summed E-state index contributed by atoms with van der Waals surface area (Å²) in [5.41, 5.74) is 1.67. The van der Waals surface area contributed by atoms with Gasteiger partial charge in [0.15, 0.2) is 5.78 Å². The van der Waals surface area contributed by atoms with Crippen LogP contribution in [0.3, 0.4) is 0 Å². The van der Waals surface area contributed by atoms with Crippen molar-refractivity contribution in [3.63, 3.8) is 0 Å². The fourth-order valence-corrected chi connectivity index (χ4v) is 1.64. The van der Waals surface area contributed by atoms with Crippen LogP contribution in [0.4, 0.5) is 0 Å². The van der Waals surface area contributed by atoms with Crippen LogP contribution in [0.25, 0.3) is 0 Å². The van der Waals surface area contributed by atoms with E-state index in [-0.39, 0.29) is 5.78 Å². The predicted molar refractivity (Wildman–Crippen MR) is 60.4 cm³/mol. The molecule has 0 atom stereocenters. The quantitative estimate of drug-likeness (QED) is 0.736. The van der Waals surface area contributed by atoms with E-state index in [1.165, 1.54) is 0 Å². The number of carbonyl (C=O) groups excluding carboxylic acids is 1. The van der Waals surface area contributed by atoms with Gasteiger partial charge in [0.2, 0.25) is 0 Å². The zero-order chi connectivity index (χ0) is 11.4. The Morgan fingerprint density at radius 3 is 2.75 bits per heavy atom. The monoisotopic (exact) mass is 215 g/mol. The number of hydrogen-bond donors (Lipinski definition) is 0. The highest BCUT2D eigenvalue weighted by atomic mass is 16.3. The number of ketones is 1. The Morgan fingerprint density at radius 1 is 1.31 bits per heavy atom. The van der Waals surface area contributed by atoms with Crippen molar-refractivity contribution in [2.24, 2.45) is 0 Å². The summed E-state index contributed by atoms with van der Waals surface area (Å²) in [4.78, 5) is 15.9. The van der Waals surface area contributed by atoms with E-state index in [4.69, 9.17) is 4.42 Å². The van der Waals surface area contributed by atoms with Gasteiger partial charge in [-0.25, -0.2) is 0 Å². The third kappa shape index (κ3) is 2.19. The fraction of sp³-hybridized carbons (Fsp3) is 0.231. The molecule has 0 unspecified atom stereocenters. The lowest BCUT2D eigenvalue weighted by atomic mass is 10.0. The molecule has 3 heteroatoms. The number of carbonyl (C=O) groups is 1. The number of aryl methyl sites for hydroxylation is 1. The first kappa shape index (κ1) is 10.6. The lowest BCUT2D eigenvalue weighted by Gasteiger charge is -2.00. The average Bonchev–Trinajstić information content (AvgIpc) is 2.78. The van der Waals surface area contributed by atoms with E-state index in [9.17, 15) is 4.79 Å². The van der Waals surface area contributed by atoms with Gasteiger partial charge in [0.25, 0.3) is 0 Å². The maximum absolute atomic E-state index is 12.0. The van der Waals surface area contributed by atoms with Crippen LogP contribution < -0.4 is 0 Å². The minimum absolute atomic E-state index is 0.0943. The smallest absolute Gasteiger partial charge is 0.170 e. The molecule has 0 saturated heterocycles. The van der Waals surface area contributed by atoms with Crippen LogP contribution >= 0.6 is 0 Å². The molecule has 0 fully saturated rings. The molecule has 0 aromatic carbocycles. The third-order valence-corrected chi connectivity index (χ3v) is 2.48. The van der Waals surface area contributed by atoms with Crippen LogP contribution in [0.2, 0.25) is 0 Å². The molecule has 82 valence electrons. The first-order valence-electron chi connectivity index (χ1n) is 5.29. The highest BCUT2D eigenvalue weighted by molar-refractivity contribution is 5.98. The summed E-state index contributed by atoms with van der Waals surface area (Å²) >= 11 is 0. The zero-order valence-corrected chi connectivity index (χ0v) is 9.14. The van der Waals surface area contributed by atoms with Crippen LogP contribution in [0.5, 0.6) is 0 Å². The molecule has 0 N–H and O–H groups in total. The Kier molecular flexibility index (Phi) is 3.15. The number of Topliss-reactive ketones (excluding diaryl/α,β-unsaturated/α-hetero) is 1. The summed E-state index contributed by atoms with van der Waals surface area (Å²) in [7, 11) is 0. The molecule has 2 heterocycles. The Balaban J connectivity index is 2.15. The lowest BCUT2D eigenvalue weighted by molar-refractivity contribution is 0.0991. The van der Waals surface area contributed by atoms with Crippen molar-refractivity contribution in [2.45, 2.75) is 19.8 Å². The fourth-order valence-electron chi connectivity index (χ4n) is 1.64. The molecule has 16 heavy (non-hydrogen) atoms. The summed E-state index contributed by atoms with van der Waals surface area (Å²) in [6.45, 7) is 1.97. The molecule has 3 nitrogen and oxygen atoms in total. The molecule has 0 radical (unpaired) electrons. The molecule has 0 amide bonds. The number of furan rings is 1. The first-order valence-corrected chi connectivity index (χ1v) is 5.29. The maximum Gasteiger partial charge on any atom is 0.170 e. The zero-order valence-electron chi connectivity index (χ0n) is 9.14. The molecule has 2 aromatic heterocycles. The van der Waals surface area contributed by atoms with Crippen LogP contribution in [-0.4, -0.2) is 10.8 Å². The van der Waals surface area contributed by atoms with E-state index < -0.39 is 0 Å². The SMILES string of the molecule is CCc1occc1C(=O)Cc1ccncc1. The van der Waals surface area contributed by atoms with Crippen LogP contribution in [0.1, 0.15) is 28.6 Å². The van der Waals surface area contributed by atoms with Crippen molar-refractivity contribution in [1.29, 1.82) is 0 Å². The second-order valence-electron chi connectivity index (χ2n) is 3.57. The normalized spacial score (nSPS) is 10.3. The average molecular weight is 215 g/mol. The van der Waals surface area contributed by atoms with E-state index in [2.05, 4.69) is 4.98 Å². The molecule has 0 aliphatic rings. The van der Waals surface area contributed by atoms with Crippen LogP contribution in [0, 0.1) is 0 Å². The van der Waals surface area contributed by atoms with Crippen molar-refractivity contribution >= 4 is 5.78 Å². The Hall–Kier alpha value is -1.90. The van der Waals surface area contributed by atoms with Gasteiger partial charge in [0.1, 0.15) is 5.76 Å². The highest BCUT2D eigenvalue weighted by Crippen LogP contribution is 2.14. The molecule has 0 aliphatic heterocycles. The summed E-state index contributed by atoms with van der Waals surface area (Å²) in [6, 6.07) is 5.44. The standard InChI is InChI=1S/C13H13NO2/c1-2-13-11(5-8-16-13)12(15)9-10-3-6-14-7-4-10/h3-8H,2,9H2,1H3. The second kappa shape index (κ2) is 4.75. The molecule has 0 bridgehead atoms. The lowest BCUT2D eigenvalue weighted by Crippen LogP contribution is -2.04. The Bertz CT molecular complexity index is 474. The van der Waals surface area contributed by atoms with Gasteiger partial charge >= 0.3 is 0 Å². The summed E-state index contributed by atoms with van der Waals surface area (Å²) in [5.74, 6) is 0.857. The van der Waals surface area contributed by atoms with Crippen LogP contribution in [-0.2, 0) is 12.8 Å². The third-order valence-electron chi connectivity index (χ3n) is 2.48. The number of nitrogens with zero attached hydrogens (tertiary/aromatic N) is 1. The van der Waals surface area contributed by atoms with Crippen molar-refractivity contribution in [3.05, 3.63) is 53.7 Å². The maximum atomic E-state index is 12.0. The van der Waals surface area contributed by atoms with E-state index in [0.717, 1.165) is 17.7 Å². The van der Waals surface area contributed by atoms with Gasteiger partial charge in [-0.3, -0.25) is 9.78 Å². The van der Waals surface area contributed by atoms with E-state index in [1.54, 1.807) is 24.7 Å². The van der Waals surface area contributed by atoms with Crippen molar-refractivity contribution in [1.82, 2.24) is 4.98 Å². The molecule has 0 aliphatic carbocycles. The van der Waals surface area contributed by atoms with Crippen molar-refractivity contribution < 1.29 is 9.21 Å². The van der Waals surface area contributed by atoms with Crippen LogP contribution in [0.15, 0.2) is 41.3 Å². The van der Waals surface area contributed by atoms with Gasteiger partial charge in [0, 0.05) is 25.2 Å². The van der Waals surface area contributed by atoms with Gasteiger partial charge in [-0.2, -0.15) is 0 Å². The molecular formula is C13H13NO2. The van der Waals surface area contributed by atoms with Gasteiger partial charge in [-0.05, 0) is 23.8 Å². The number of pyridine rings is 1. The summed E-state index contributed by atoms with van der Waals surface area (Å²) in [6.07, 6.45) is 6.09. The van der Waals surface area contributed by atoms with Gasteiger partial charge < -0.3 is 4.42 Å². The van der Waals surface area contributed by atoms with Gasteiger partial charge in [-0.15, -0.1) is 0 Å². The van der Waals surface area contributed by atoms with E-state index >= 15 is 0 Å². The summed E-state index contributed by atoms with van der Waals surface area (Å²) < 4.78 is 5.24. The number of aromatic nitrogens is 1. The largest absolute Gasteiger partial charge is 0.469 e. The van der Waals surface area contributed by atoms with Crippen molar-refractivity contribution in [3.8, 4) is 0 Å². The molecule has 2 aromatic rings. The highest BCUT2D eigenvalue weighted by Gasteiger charge is 2.13. The molecule has 0 saturated carbocycles. The first-order chi connectivity index (χ1) is 7.81. The van der Waals surface area contributed by atoms with Gasteiger partial charge in [0.05, 0.1) is 11.8 Å². The minimum Gasteiger partial charge on any atom is -0.469 e. The molecule has 0 spiro atoms. The number of hydrogen-bond acceptors (Lipinski definition) is 3. The van der Waals surface area contributed by atoms with E-state index in [1.807, 2.05) is 19.1 Å². The summed E-state index contributed by atoms with van der Waals surface area (Å²) in [5, 5.41) is 0. The van der Waals surface area contributed by atoms with E-state index in [0.29, 0.717) is 12.0 Å². The van der Waals surface area contributed by atoms with Crippen molar-refractivity contribution in [2.75, 3.05) is 0 Å². The number of rotatable bonds is 4. The predicted octanol–water partition coefficient (Wildman–Crippen LogP) is 2.66. The topological polar surface area (TPSA) is 43.1 Å². The second-order valence-corrected chi connectivity index (χ2v) is 3.57. The Morgan fingerprint density at radius 2 is 2.06 bits per heavy atom. The molecule has 2 rings (SSSR count). The molecular weight excluding hydrogens is 202 g/mol. The van der Waals surface area contributed by atoms with Gasteiger partial charge in [-0.1, -0.05) is 6.92 Å².